The van der Waals surface area contributed by atoms with Crippen molar-refractivity contribution in [2.45, 2.75) is 44.7 Å². The predicted octanol–water partition coefficient (Wildman–Crippen LogP) is 3.01. The lowest BCUT2D eigenvalue weighted by atomic mass is 9.98. The second-order valence-corrected chi connectivity index (χ2v) is 5.36. The van der Waals surface area contributed by atoms with Crippen molar-refractivity contribution < 1.29 is 4.39 Å². The number of nitrogens with two attached hydrogens (primary N) is 1. The van der Waals surface area contributed by atoms with Crippen molar-refractivity contribution in [3.05, 3.63) is 35.1 Å². The molecule has 1 aliphatic carbocycles. The predicted molar refractivity (Wildman–Crippen MR) is 73.0 cm³/mol. The molecule has 1 aromatic rings. The van der Waals surface area contributed by atoms with Crippen molar-refractivity contribution >= 4 is 0 Å². The fourth-order valence-electron chi connectivity index (χ4n) is 3.05. The Labute approximate surface area is 109 Å². The molecule has 18 heavy (non-hydrogen) atoms. The molecule has 1 aromatic carbocycles. The number of aryl methyl sites for hydroxylation is 1. The molecule has 2 rings (SSSR count). The first kappa shape index (κ1) is 13.5. The zero-order valence-corrected chi connectivity index (χ0v) is 11.3. The van der Waals surface area contributed by atoms with E-state index in [9.17, 15) is 4.39 Å². The fourth-order valence-corrected chi connectivity index (χ4v) is 3.05. The summed E-state index contributed by atoms with van der Waals surface area (Å²) in [6.07, 6.45) is 5.07. The number of hydrogen-bond donors (Lipinski definition) is 1. The Bertz CT molecular complexity index is 399. The topological polar surface area (TPSA) is 29.3 Å². The van der Waals surface area contributed by atoms with Crippen molar-refractivity contribution in [3.8, 4) is 0 Å². The van der Waals surface area contributed by atoms with E-state index in [-0.39, 0.29) is 11.9 Å². The van der Waals surface area contributed by atoms with E-state index < -0.39 is 0 Å². The van der Waals surface area contributed by atoms with Crippen LogP contribution in [-0.2, 0) is 0 Å². The van der Waals surface area contributed by atoms with Gasteiger partial charge in [0, 0.05) is 18.6 Å². The Hall–Kier alpha value is -0.930. The number of nitrogens with zero attached hydrogens (tertiary/aromatic N) is 1. The maximum Gasteiger partial charge on any atom is 0.123 e. The Morgan fingerprint density at radius 3 is 2.67 bits per heavy atom. The van der Waals surface area contributed by atoms with E-state index in [2.05, 4.69) is 11.9 Å². The van der Waals surface area contributed by atoms with Crippen LogP contribution in [0.4, 0.5) is 4.39 Å². The minimum Gasteiger partial charge on any atom is -0.329 e. The first-order valence-electron chi connectivity index (χ1n) is 6.81. The molecule has 2 nitrogen and oxygen atoms in total. The number of rotatable bonds is 4. The summed E-state index contributed by atoms with van der Waals surface area (Å²) in [7, 11) is 2.12. The summed E-state index contributed by atoms with van der Waals surface area (Å²) in [4.78, 5) is 2.34. The third kappa shape index (κ3) is 2.73. The van der Waals surface area contributed by atoms with Crippen LogP contribution in [0.25, 0.3) is 0 Å². The highest BCUT2D eigenvalue weighted by molar-refractivity contribution is 5.30. The molecule has 1 aliphatic rings. The number of benzene rings is 1. The van der Waals surface area contributed by atoms with Crippen molar-refractivity contribution in [2.24, 2.45) is 5.73 Å². The van der Waals surface area contributed by atoms with E-state index in [4.69, 9.17) is 5.73 Å². The summed E-state index contributed by atoms with van der Waals surface area (Å²) in [6.45, 7) is 2.57. The second-order valence-electron chi connectivity index (χ2n) is 5.36. The van der Waals surface area contributed by atoms with E-state index >= 15 is 0 Å². The van der Waals surface area contributed by atoms with Crippen LogP contribution in [-0.4, -0.2) is 24.5 Å². The number of halogens is 1. The van der Waals surface area contributed by atoms with Gasteiger partial charge >= 0.3 is 0 Å². The lowest BCUT2D eigenvalue weighted by molar-refractivity contribution is 0.179. The van der Waals surface area contributed by atoms with Crippen LogP contribution in [0.3, 0.4) is 0 Å². The summed E-state index contributed by atoms with van der Waals surface area (Å²) in [5.74, 6) is -0.172. The van der Waals surface area contributed by atoms with Gasteiger partial charge in [-0.25, -0.2) is 4.39 Å². The molecule has 0 aliphatic heterocycles. The zero-order valence-electron chi connectivity index (χ0n) is 11.3. The van der Waals surface area contributed by atoms with Crippen molar-refractivity contribution in [1.29, 1.82) is 0 Å². The molecule has 0 aromatic heterocycles. The maximum absolute atomic E-state index is 13.4. The molecule has 0 spiro atoms. The third-order valence-corrected chi connectivity index (χ3v) is 4.22. The van der Waals surface area contributed by atoms with Gasteiger partial charge in [0.1, 0.15) is 5.82 Å². The monoisotopic (exact) mass is 250 g/mol. The Morgan fingerprint density at radius 1 is 1.39 bits per heavy atom. The Balaban J connectivity index is 2.23. The van der Waals surface area contributed by atoms with Crippen LogP contribution in [0, 0.1) is 12.7 Å². The largest absolute Gasteiger partial charge is 0.329 e. The van der Waals surface area contributed by atoms with Crippen LogP contribution in [0.2, 0.25) is 0 Å². The van der Waals surface area contributed by atoms with Gasteiger partial charge in [0.25, 0.3) is 0 Å². The van der Waals surface area contributed by atoms with Crippen LogP contribution in [0.1, 0.15) is 42.9 Å². The van der Waals surface area contributed by atoms with E-state index in [1.54, 1.807) is 6.07 Å². The quantitative estimate of drug-likeness (QED) is 0.890. The summed E-state index contributed by atoms with van der Waals surface area (Å²) < 4.78 is 13.4. The van der Waals surface area contributed by atoms with Gasteiger partial charge in [0.15, 0.2) is 0 Å². The second kappa shape index (κ2) is 5.81. The summed E-state index contributed by atoms with van der Waals surface area (Å²) >= 11 is 0. The van der Waals surface area contributed by atoms with Gasteiger partial charge in [0.05, 0.1) is 0 Å². The molecule has 0 radical (unpaired) electrons. The van der Waals surface area contributed by atoms with E-state index in [1.807, 2.05) is 13.0 Å². The van der Waals surface area contributed by atoms with Crippen LogP contribution in [0.5, 0.6) is 0 Å². The molecule has 0 heterocycles. The number of likely N-dealkylation sites (N-methyl/N-ethyl adjacent to an activating group) is 1. The smallest absolute Gasteiger partial charge is 0.123 e. The molecular formula is C15H23FN2. The van der Waals surface area contributed by atoms with Crippen molar-refractivity contribution in [1.82, 2.24) is 4.90 Å². The Kier molecular flexibility index (Phi) is 4.36. The molecule has 1 atom stereocenters. The summed E-state index contributed by atoms with van der Waals surface area (Å²) in [5.41, 5.74) is 8.08. The highest BCUT2D eigenvalue weighted by atomic mass is 19.1. The van der Waals surface area contributed by atoms with Gasteiger partial charge < -0.3 is 5.73 Å². The normalized spacial score (nSPS) is 18.5. The van der Waals surface area contributed by atoms with E-state index in [1.165, 1.54) is 31.7 Å². The van der Waals surface area contributed by atoms with Crippen LogP contribution in [0.15, 0.2) is 18.2 Å². The summed E-state index contributed by atoms with van der Waals surface area (Å²) in [6, 6.07) is 5.72. The third-order valence-electron chi connectivity index (χ3n) is 4.22. The number of hydrogen-bond acceptors (Lipinski definition) is 2. The Morgan fingerprint density at radius 2 is 2.06 bits per heavy atom. The molecule has 2 N–H and O–H groups in total. The van der Waals surface area contributed by atoms with E-state index in [0.717, 1.165) is 11.1 Å². The molecule has 1 fully saturated rings. The van der Waals surface area contributed by atoms with Gasteiger partial charge in [-0.3, -0.25) is 4.90 Å². The lowest BCUT2D eigenvalue weighted by Gasteiger charge is -2.33. The molecule has 0 bridgehead atoms. The average Bonchev–Trinajstić information content (AvgIpc) is 2.88. The standard InChI is InChI=1S/C15H23FN2/c1-11-7-8-12(16)9-14(11)15(10-17)18(2)13-5-3-4-6-13/h7-9,13,15H,3-6,10,17H2,1-2H3. The van der Waals surface area contributed by atoms with Crippen LogP contribution < -0.4 is 5.73 Å². The van der Waals surface area contributed by atoms with Crippen molar-refractivity contribution in [2.75, 3.05) is 13.6 Å². The zero-order chi connectivity index (χ0) is 13.1. The molecule has 0 amide bonds. The fraction of sp³-hybridized carbons (Fsp3) is 0.600. The molecule has 1 unspecified atom stereocenters. The molecule has 3 heteroatoms. The first-order valence-corrected chi connectivity index (χ1v) is 6.81. The highest BCUT2D eigenvalue weighted by Crippen LogP contribution is 2.30. The van der Waals surface area contributed by atoms with Crippen LogP contribution >= 0.6 is 0 Å². The SMILES string of the molecule is Cc1ccc(F)cc1C(CN)N(C)C1CCCC1. The van der Waals surface area contributed by atoms with Gasteiger partial charge in [-0.15, -0.1) is 0 Å². The minimum atomic E-state index is -0.172. The molecule has 1 saturated carbocycles. The van der Waals surface area contributed by atoms with Gasteiger partial charge in [-0.05, 0) is 50.1 Å². The lowest BCUT2D eigenvalue weighted by Crippen LogP contribution is -2.37. The highest BCUT2D eigenvalue weighted by Gasteiger charge is 2.26. The molecule has 100 valence electrons. The van der Waals surface area contributed by atoms with Gasteiger partial charge in [-0.2, -0.15) is 0 Å². The average molecular weight is 250 g/mol. The van der Waals surface area contributed by atoms with E-state index in [0.29, 0.717) is 12.6 Å². The van der Waals surface area contributed by atoms with Crippen molar-refractivity contribution in [3.63, 3.8) is 0 Å². The first-order chi connectivity index (χ1) is 8.63. The minimum absolute atomic E-state index is 0.129. The molecule has 0 saturated heterocycles. The molecular weight excluding hydrogens is 227 g/mol. The maximum atomic E-state index is 13.4. The van der Waals surface area contributed by atoms with Gasteiger partial charge in [-0.1, -0.05) is 18.9 Å². The summed E-state index contributed by atoms with van der Waals surface area (Å²) in [5, 5.41) is 0. The van der Waals surface area contributed by atoms with Gasteiger partial charge in [0.2, 0.25) is 0 Å².